The lowest BCUT2D eigenvalue weighted by Gasteiger charge is -2.21. The van der Waals surface area contributed by atoms with Crippen LogP contribution in [0.3, 0.4) is 0 Å². The van der Waals surface area contributed by atoms with Crippen molar-refractivity contribution in [2.75, 3.05) is 18.4 Å². The Balaban J connectivity index is 1.67. The van der Waals surface area contributed by atoms with Crippen molar-refractivity contribution in [1.82, 2.24) is 4.90 Å². The minimum absolute atomic E-state index is 0.201. The number of nitrogens with one attached hydrogen (secondary N) is 1. The number of hydrogen-bond donors (Lipinski definition) is 2. The molecule has 2 heterocycles. The summed E-state index contributed by atoms with van der Waals surface area (Å²) < 4.78 is 11.5. The first-order valence-corrected chi connectivity index (χ1v) is 8.06. The van der Waals surface area contributed by atoms with Crippen molar-refractivity contribution in [3.8, 4) is 11.5 Å². The highest BCUT2D eigenvalue weighted by molar-refractivity contribution is 5.90. The van der Waals surface area contributed by atoms with Gasteiger partial charge in [-0.15, -0.1) is 0 Å². The van der Waals surface area contributed by atoms with E-state index < -0.39 is 17.2 Å². The molecule has 2 amide bonds. The molecule has 24 heavy (non-hydrogen) atoms. The molecule has 1 fully saturated rings. The molecular weight excluding hydrogens is 312 g/mol. The molecule has 2 N–H and O–H groups in total. The van der Waals surface area contributed by atoms with Gasteiger partial charge in [0.15, 0.2) is 11.5 Å². The average Bonchev–Trinajstić information content (AvgIpc) is 3.08. The summed E-state index contributed by atoms with van der Waals surface area (Å²) in [7, 11) is 0. The van der Waals surface area contributed by atoms with E-state index in [-0.39, 0.29) is 12.6 Å². The number of aliphatic carboxylic acids is 1. The Bertz CT molecular complexity index is 692. The van der Waals surface area contributed by atoms with Crippen LogP contribution in [0.1, 0.15) is 33.6 Å². The monoisotopic (exact) mass is 334 g/mol. The highest BCUT2D eigenvalue weighted by Crippen LogP contribution is 2.42. The maximum Gasteiger partial charge on any atom is 0.321 e. The van der Waals surface area contributed by atoms with Crippen molar-refractivity contribution in [1.29, 1.82) is 0 Å². The molecule has 130 valence electrons. The van der Waals surface area contributed by atoms with Gasteiger partial charge in [-0.05, 0) is 25.5 Å². The SMILES string of the molecule is CCC1(C)Oc2ccc(NC(=O)N3CCC(C)(C(=O)O)C3)cc2O1. The number of carbonyl (C=O) groups is 2. The van der Waals surface area contributed by atoms with Crippen LogP contribution in [0.25, 0.3) is 0 Å². The number of nitrogens with zero attached hydrogens (tertiary/aromatic N) is 1. The fourth-order valence-electron chi connectivity index (χ4n) is 2.89. The van der Waals surface area contributed by atoms with E-state index in [1.165, 1.54) is 4.90 Å². The van der Waals surface area contributed by atoms with Crippen molar-refractivity contribution in [2.24, 2.45) is 5.41 Å². The zero-order valence-corrected chi connectivity index (χ0v) is 14.1. The molecule has 0 bridgehead atoms. The second-order valence-corrected chi connectivity index (χ2v) is 6.82. The quantitative estimate of drug-likeness (QED) is 0.887. The molecule has 2 aliphatic rings. The van der Waals surface area contributed by atoms with Crippen LogP contribution in [-0.4, -0.2) is 40.9 Å². The van der Waals surface area contributed by atoms with Gasteiger partial charge < -0.3 is 24.8 Å². The maximum absolute atomic E-state index is 12.4. The Kier molecular flexibility index (Phi) is 3.81. The number of rotatable bonds is 3. The fourth-order valence-corrected chi connectivity index (χ4v) is 2.89. The van der Waals surface area contributed by atoms with E-state index in [0.29, 0.717) is 36.6 Å². The average molecular weight is 334 g/mol. The molecule has 1 saturated heterocycles. The molecule has 3 rings (SSSR count). The van der Waals surface area contributed by atoms with E-state index in [0.717, 1.165) is 0 Å². The normalized spacial score (nSPS) is 28.0. The Morgan fingerprint density at radius 1 is 1.29 bits per heavy atom. The first kappa shape index (κ1) is 16.4. The Labute approximate surface area is 140 Å². The van der Waals surface area contributed by atoms with Gasteiger partial charge in [0.2, 0.25) is 5.79 Å². The lowest BCUT2D eigenvalue weighted by atomic mass is 9.90. The summed E-state index contributed by atoms with van der Waals surface area (Å²) in [6.45, 7) is 6.12. The van der Waals surface area contributed by atoms with Crippen LogP contribution >= 0.6 is 0 Å². The summed E-state index contributed by atoms with van der Waals surface area (Å²) in [5.41, 5.74) is -0.290. The van der Waals surface area contributed by atoms with Gasteiger partial charge in [0.05, 0.1) is 5.41 Å². The van der Waals surface area contributed by atoms with E-state index in [4.69, 9.17) is 9.47 Å². The summed E-state index contributed by atoms with van der Waals surface area (Å²) >= 11 is 0. The van der Waals surface area contributed by atoms with Crippen LogP contribution in [-0.2, 0) is 4.79 Å². The van der Waals surface area contributed by atoms with Crippen LogP contribution in [0, 0.1) is 5.41 Å². The number of carboxylic acid groups (broad SMARTS) is 1. The third kappa shape index (κ3) is 2.86. The van der Waals surface area contributed by atoms with Crippen LogP contribution < -0.4 is 14.8 Å². The van der Waals surface area contributed by atoms with Crippen molar-refractivity contribution in [3.05, 3.63) is 18.2 Å². The van der Waals surface area contributed by atoms with Gasteiger partial charge in [0.25, 0.3) is 0 Å². The molecule has 0 aromatic heterocycles. The van der Waals surface area contributed by atoms with Gasteiger partial charge in [-0.3, -0.25) is 4.79 Å². The first-order valence-electron chi connectivity index (χ1n) is 8.06. The van der Waals surface area contributed by atoms with Gasteiger partial charge in [-0.1, -0.05) is 6.92 Å². The molecule has 0 spiro atoms. The van der Waals surface area contributed by atoms with Gasteiger partial charge in [-0.25, -0.2) is 4.79 Å². The Morgan fingerprint density at radius 3 is 2.62 bits per heavy atom. The Morgan fingerprint density at radius 2 is 2.00 bits per heavy atom. The van der Waals surface area contributed by atoms with Crippen LogP contribution in [0.15, 0.2) is 18.2 Å². The van der Waals surface area contributed by atoms with Crippen LogP contribution in [0.5, 0.6) is 11.5 Å². The van der Waals surface area contributed by atoms with Gasteiger partial charge >= 0.3 is 12.0 Å². The zero-order valence-electron chi connectivity index (χ0n) is 14.1. The number of fused-ring (bicyclic) bond motifs is 1. The highest BCUT2D eigenvalue weighted by atomic mass is 16.7. The predicted octanol–water partition coefficient (Wildman–Crippen LogP) is 2.91. The molecule has 0 aliphatic carbocycles. The minimum atomic E-state index is -0.880. The van der Waals surface area contributed by atoms with Crippen molar-refractivity contribution in [2.45, 2.75) is 39.4 Å². The summed E-state index contributed by atoms with van der Waals surface area (Å²) in [6.07, 6.45) is 1.15. The molecule has 2 aliphatic heterocycles. The summed E-state index contributed by atoms with van der Waals surface area (Å²) in [5.74, 6) is -0.311. The molecule has 0 radical (unpaired) electrons. The van der Waals surface area contributed by atoms with E-state index in [1.807, 2.05) is 13.8 Å². The number of urea groups is 1. The smallest absolute Gasteiger partial charge is 0.321 e. The van der Waals surface area contributed by atoms with E-state index in [2.05, 4.69) is 5.32 Å². The molecular formula is C17H22N2O5. The number of ether oxygens (including phenoxy) is 2. The zero-order chi connectivity index (χ0) is 17.5. The van der Waals surface area contributed by atoms with Gasteiger partial charge in [0, 0.05) is 38.2 Å². The minimum Gasteiger partial charge on any atom is -0.481 e. The highest BCUT2D eigenvalue weighted by Gasteiger charge is 2.42. The molecule has 1 aromatic carbocycles. The van der Waals surface area contributed by atoms with E-state index in [1.54, 1.807) is 25.1 Å². The summed E-state index contributed by atoms with van der Waals surface area (Å²) in [5, 5.41) is 12.0. The van der Waals surface area contributed by atoms with Crippen LogP contribution in [0.2, 0.25) is 0 Å². The molecule has 1 aromatic rings. The fraction of sp³-hybridized carbons (Fsp3) is 0.529. The first-order chi connectivity index (χ1) is 11.2. The van der Waals surface area contributed by atoms with Crippen molar-refractivity contribution >= 4 is 17.7 Å². The number of anilines is 1. The lowest BCUT2D eigenvalue weighted by molar-refractivity contribution is -0.146. The number of hydrogen-bond acceptors (Lipinski definition) is 4. The van der Waals surface area contributed by atoms with Crippen LogP contribution in [0.4, 0.5) is 10.5 Å². The molecule has 7 heteroatoms. The molecule has 0 saturated carbocycles. The van der Waals surface area contributed by atoms with Gasteiger partial charge in [-0.2, -0.15) is 0 Å². The summed E-state index contributed by atoms with van der Waals surface area (Å²) in [6, 6.07) is 4.92. The third-order valence-corrected chi connectivity index (χ3v) is 4.77. The topological polar surface area (TPSA) is 88.1 Å². The number of likely N-dealkylation sites (tertiary alicyclic amines) is 1. The standard InChI is InChI=1S/C17H22N2O5/c1-4-17(3)23-12-6-5-11(9-13(12)24-17)18-15(22)19-8-7-16(2,10-19)14(20)21/h5-6,9H,4,7-8,10H2,1-3H3,(H,18,22)(H,20,21). The lowest BCUT2D eigenvalue weighted by Crippen LogP contribution is -2.37. The largest absolute Gasteiger partial charge is 0.481 e. The number of carbonyl (C=O) groups excluding carboxylic acids is 1. The second-order valence-electron chi connectivity index (χ2n) is 6.82. The van der Waals surface area contributed by atoms with E-state index >= 15 is 0 Å². The molecule has 7 nitrogen and oxygen atoms in total. The summed E-state index contributed by atoms with van der Waals surface area (Å²) in [4.78, 5) is 25.2. The third-order valence-electron chi connectivity index (χ3n) is 4.77. The maximum atomic E-state index is 12.4. The molecule has 2 unspecified atom stereocenters. The van der Waals surface area contributed by atoms with Crippen molar-refractivity contribution in [3.63, 3.8) is 0 Å². The van der Waals surface area contributed by atoms with Crippen molar-refractivity contribution < 1.29 is 24.2 Å². The number of benzene rings is 1. The Hall–Kier alpha value is -2.44. The van der Waals surface area contributed by atoms with E-state index in [9.17, 15) is 14.7 Å². The second kappa shape index (κ2) is 5.58. The number of amides is 2. The number of carboxylic acids is 1. The predicted molar refractivity (Wildman–Crippen MR) is 87.3 cm³/mol. The van der Waals surface area contributed by atoms with Gasteiger partial charge in [0.1, 0.15) is 0 Å². The molecule has 2 atom stereocenters.